The minimum absolute atomic E-state index is 0.0401. The van der Waals surface area contributed by atoms with Crippen LogP contribution in [0.5, 0.6) is 5.88 Å². The second-order valence-corrected chi connectivity index (χ2v) is 6.50. The third kappa shape index (κ3) is 3.73. The van der Waals surface area contributed by atoms with Crippen molar-refractivity contribution >= 4 is 17.2 Å². The Balaban J connectivity index is 1.82. The number of methoxy groups -OCH3 is 1. The first-order valence-electron chi connectivity index (χ1n) is 8.08. The van der Waals surface area contributed by atoms with Crippen LogP contribution in [0.15, 0.2) is 29.9 Å². The Morgan fingerprint density at radius 1 is 1.33 bits per heavy atom. The molecule has 3 heterocycles. The molecule has 7 heteroatoms. The molecule has 2 aromatic rings. The molecule has 24 heavy (non-hydrogen) atoms. The van der Waals surface area contributed by atoms with Crippen LogP contribution in [0.3, 0.4) is 0 Å². The molecule has 0 saturated carbocycles. The van der Waals surface area contributed by atoms with Crippen LogP contribution < -0.4 is 4.74 Å². The van der Waals surface area contributed by atoms with E-state index in [4.69, 9.17) is 9.47 Å². The number of hydrogen-bond acceptors (Lipinski definition) is 6. The van der Waals surface area contributed by atoms with Gasteiger partial charge in [0.25, 0.3) is 5.91 Å². The standard InChI is InChI=1S/C17H21N3O3S/c1-22-10-11-23-15-13(5-4-7-18-15)17(21)20-9-3-2-6-14(20)16-19-8-12-24-16/h4-5,7-8,12,14H,2-3,6,9-11H2,1H3/t14-/m0/s1. The van der Waals surface area contributed by atoms with Crippen molar-refractivity contribution in [2.24, 2.45) is 0 Å². The second kappa shape index (κ2) is 8.21. The Bertz CT molecular complexity index is 663. The van der Waals surface area contributed by atoms with Crippen molar-refractivity contribution in [2.45, 2.75) is 25.3 Å². The van der Waals surface area contributed by atoms with Crippen molar-refractivity contribution < 1.29 is 14.3 Å². The number of likely N-dealkylation sites (tertiary alicyclic amines) is 1. The van der Waals surface area contributed by atoms with Crippen molar-refractivity contribution in [2.75, 3.05) is 26.9 Å². The van der Waals surface area contributed by atoms with Gasteiger partial charge in [0.1, 0.15) is 17.2 Å². The van der Waals surface area contributed by atoms with Crippen LogP contribution >= 0.6 is 11.3 Å². The van der Waals surface area contributed by atoms with E-state index in [9.17, 15) is 4.79 Å². The fourth-order valence-corrected chi connectivity index (χ4v) is 3.66. The maximum Gasteiger partial charge on any atom is 0.259 e. The second-order valence-electron chi connectivity index (χ2n) is 5.58. The molecule has 1 aliphatic rings. The Kier molecular flexibility index (Phi) is 5.77. The highest BCUT2D eigenvalue weighted by atomic mass is 32.1. The highest BCUT2D eigenvalue weighted by molar-refractivity contribution is 7.09. The summed E-state index contributed by atoms with van der Waals surface area (Å²) in [6.07, 6.45) is 6.49. The van der Waals surface area contributed by atoms with Gasteiger partial charge in [0.05, 0.1) is 12.6 Å². The average molecular weight is 347 g/mol. The van der Waals surface area contributed by atoms with Crippen LogP contribution in [0.25, 0.3) is 0 Å². The van der Waals surface area contributed by atoms with E-state index in [2.05, 4.69) is 9.97 Å². The molecule has 0 bridgehead atoms. The van der Waals surface area contributed by atoms with Crippen LogP contribution in [-0.4, -0.2) is 47.6 Å². The molecule has 1 fully saturated rings. The number of nitrogens with zero attached hydrogens (tertiary/aromatic N) is 3. The monoisotopic (exact) mass is 347 g/mol. The molecular weight excluding hydrogens is 326 g/mol. The van der Waals surface area contributed by atoms with E-state index in [1.165, 1.54) is 0 Å². The predicted octanol–water partition coefficient (Wildman–Crippen LogP) is 2.93. The van der Waals surface area contributed by atoms with Gasteiger partial charge in [0, 0.05) is 31.4 Å². The summed E-state index contributed by atoms with van der Waals surface area (Å²) in [5.41, 5.74) is 0.497. The van der Waals surface area contributed by atoms with Crippen LogP contribution in [0.1, 0.15) is 40.7 Å². The van der Waals surface area contributed by atoms with Gasteiger partial charge >= 0.3 is 0 Å². The first-order chi connectivity index (χ1) is 11.8. The number of amides is 1. The molecule has 0 radical (unpaired) electrons. The van der Waals surface area contributed by atoms with Gasteiger partial charge in [-0.25, -0.2) is 9.97 Å². The highest BCUT2D eigenvalue weighted by Crippen LogP contribution is 2.34. The van der Waals surface area contributed by atoms with Gasteiger partial charge in [0.15, 0.2) is 0 Å². The summed E-state index contributed by atoms with van der Waals surface area (Å²) < 4.78 is 10.6. The van der Waals surface area contributed by atoms with Gasteiger partial charge in [-0.1, -0.05) is 0 Å². The molecule has 0 unspecified atom stereocenters. The molecule has 1 aliphatic heterocycles. The van der Waals surface area contributed by atoms with Gasteiger partial charge in [-0.05, 0) is 31.4 Å². The normalized spacial score (nSPS) is 17.7. The minimum Gasteiger partial charge on any atom is -0.475 e. The van der Waals surface area contributed by atoms with E-state index < -0.39 is 0 Å². The largest absolute Gasteiger partial charge is 0.475 e. The molecule has 2 aromatic heterocycles. The molecule has 1 amide bonds. The molecule has 1 atom stereocenters. The maximum atomic E-state index is 13.1. The molecule has 1 saturated heterocycles. The van der Waals surface area contributed by atoms with Gasteiger partial charge in [-0.3, -0.25) is 4.79 Å². The van der Waals surface area contributed by atoms with Crippen molar-refractivity contribution in [3.8, 4) is 5.88 Å². The maximum absolute atomic E-state index is 13.1. The zero-order valence-electron chi connectivity index (χ0n) is 13.7. The summed E-state index contributed by atoms with van der Waals surface area (Å²) in [6, 6.07) is 3.57. The summed E-state index contributed by atoms with van der Waals surface area (Å²) in [6.45, 7) is 1.55. The first kappa shape index (κ1) is 16.9. The van der Waals surface area contributed by atoms with Crippen molar-refractivity contribution in [3.63, 3.8) is 0 Å². The number of pyridine rings is 1. The van der Waals surface area contributed by atoms with Gasteiger partial charge in [0.2, 0.25) is 5.88 Å². The smallest absolute Gasteiger partial charge is 0.259 e. The van der Waals surface area contributed by atoms with Crippen molar-refractivity contribution in [3.05, 3.63) is 40.5 Å². The first-order valence-corrected chi connectivity index (χ1v) is 8.96. The van der Waals surface area contributed by atoms with E-state index in [-0.39, 0.29) is 11.9 Å². The number of rotatable bonds is 6. The molecule has 0 aromatic carbocycles. The number of hydrogen-bond donors (Lipinski definition) is 0. The summed E-state index contributed by atoms with van der Waals surface area (Å²) in [4.78, 5) is 23.6. The lowest BCUT2D eigenvalue weighted by Gasteiger charge is -2.34. The third-order valence-corrected chi connectivity index (χ3v) is 4.90. The molecule has 0 spiro atoms. The summed E-state index contributed by atoms with van der Waals surface area (Å²) >= 11 is 1.60. The number of carbonyl (C=O) groups is 1. The summed E-state index contributed by atoms with van der Waals surface area (Å²) in [5.74, 6) is 0.318. The minimum atomic E-state index is -0.0459. The Labute approximate surface area is 145 Å². The molecule has 6 nitrogen and oxygen atoms in total. The predicted molar refractivity (Wildman–Crippen MR) is 91.4 cm³/mol. The van der Waals surface area contributed by atoms with Crippen LogP contribution in [-0.2, 0) is 4.74 Å². The fourth-order valence-electron chi connectivity index (χ4n) is 2.88. The zero-order valence-corrected chi connectivity index (χ0v) is 14.5. The van der Waals surface area contributed by atoms with E-state index >= 15 is 0 Å². The summed E-state index contributed by atoms with van der Waals surface area (Å²) in [7, 11) is 1.61. The van der Waals surface area contributed by atoms with E-state index in [1.54, 1.807) is 43.0 Å². The Morgan fingerprint density at radius 2 is 2.25 bits per heavy atom. The van der Waals surface area contributed by atoms with Crippen molar-refractivity contribution in [1.29, 1.82) is 0 Å². The van der Waals surface area contributed by atoms with Gasteiger partial charge < -0.3 is 14.4 Å². The van der Waals surface area contributed by atoms with Crippen LogP contribution in [0, 0.1) is 0 Å². The zero-order chi connectivity index (χ0) is 16.8. The average Bonchev–Trinajstić information content (AvgIpc) is 3.16. The van der Waals surface area contributed by atoms with Gasteiger partial charge in [-0.15, -0.1) is 11.3 Å². The van der Waals surface area contributed by atoms with E-state index in [0.717, 1.165) is 30.8 Å². The number of piperidine rings is 1. The topological polar surface area (TPSA) is 64.6 Å². The Morgan fingerprint density at radius 3 is 3.04 bits per heavy atom. The lowest BCUT2D eigenvalue weighted by molar-refractivity contribution is 0.0603. The summed E-state index contributed by atoms with van der Waals surface area (Å²) in [5, 5.41) is 2.95. The van der Waals surface area contributed by atoms with E-state index in [0.29, 0.717) is 24.7 Å². The van der Waals surface area contributed by atoms with Crippen LogP contribution in [0.4, 0.5) is 0 Å². The molecular formula is C17H21N3O3S. The molecule has 0 aliphatic carbocycles. The lowest BCUT2D eigenvalue weighted by Crippen LogP contribution is -2.38. The highest BCUT2D eigenvalue weighted by Gasteiger charge is 2.31. The number of ether oxygens (including phenoxy) is 2. The number of carbonyl (C=O) groups excluding carboxylic acids is 1. The number of thiazole rings is 1. The van der Waals surface area contributed by atoms with Crippen LogP contribution in [0.2, 0.25) is 0 Å². The van der Waals surface area contributed by atoms with Crippen molar-refractivity contribution in [1.82, 2.24) is 14.9 Å². The molecule has 3 rings (SSSR count). The fraction of sp³-hybridized carbons (Fsp3) is 0.471. The third-order valence-electron chi connectivity index (χ3n) is 4.03. The quantitative estimate of drug-likeness (QED) is 0.752. The lowest BCUT2D eigenvalue weighted by atomic mass is 10.0. The van der Waals surface area contributed by atoms with Gasteiger partial charge in [-0.2, -0.15) is 0 Å². The molecule has 0 N–H and O–H groups in total. The Hall–Kier alpha value is -1.99. The number of aromatic nitrogens is 2. The SMILES string of the molecule is COCCOc1ncccc1C(=O)N1CCCC[C@H]1c1nccs1. The molecule has 128 valence electrons. The van der Waals surface area contributed by atoms with E-state index in [1.807, 2.05) is 10.3 Å².